The molecule has 0 unspecified atom stereocenters. The third-order valence-electron chi connectivity index (χ3n) is 6.66. The van der Waals surface area contributed by atoms with Crippen molar-refractivity contribution >= 4 is 12.0 Å². The molecule has 34 heavy (non-hydrogen) atoms. The summed E-state index contributed by atoms with van der Waals surface area (Å²) in [4.78, 5) is 27.7. The topological polar surface area (TPSA) is 67.9 Å². The first kappa shape index (κ1) is 22.2. The number of benzene rings is 3. The van der Waals surface area contributed by atoms with E-state index in [1.807, 2.05) is 61.5 Å². The minimum absolute atomic E-state index is 0.0252. The number of amides is 2. The van der Waals surface area contributed by atoms with Gasteiger partial charge in [0.2, 0.25) is 5.91 Å². The summed E-state index contributed by atoms with van der Waals surface area (Å²) < 4.78 is 11.3. The predicted octanol–water partition coefficient (Wildman–Crippen LogP) is 4.51. The van der Waals surface area contributed by atoms with Gasteiger partial charge in [-0.25, -0.2) is 4.79 Å². The molecule has 0 spiro atoms. The van der Waals surface area contributed by atoms with Crippen molar-refractivity contribution in [3.8, 4) is 11.1 Å². The van der Waals surface area contributed by atoms with Crippen molar-refractivity contribution < 1.29 is 19.1 Å². The third kappa shape index (κ3) is 4.29. The molecule has 0 aromatic heterocycles. The number of nitrogens with one attached hydrogen (secondary N) is 1. The lowest BCUT2D eigenvalue weighted by atomic mass is 9.98. The van der Waals surface area contributed by atoms with Crippen LogP contribution in [0.15, 0.2) is 78.9 Å². The molecule has 1 aliphatic carbocycles. The highest BCUT2D eigenvalue weighted by Gasteiger charge is 2.36. The second kappa shape index (κ2) is 9.69. The Balaban J connectivity index is 1.27. The number of morpholine rings is 1. The van der Waals surface area contributed by atoms with Gasteiger partial charge in [-0.1, -0.05) is 78.9 Å². The van der Waals surface area contributed by atoms with E-state index in [0.29, 0.717) is 13.2 Å². The predicted molar refractivity (Wildman–Crippen MR) is 129 cm³/mol. The van der Waals surface area contributed by atoms with Crippen LogP contribution < -0.4 is 5.32 Å². The summed E-state index contributed by atoms with van der Waals surface area (Å²) >= 11 is 0. The molecule has 2 atom stereocenters. The van der Waals surface area contributed by atoms with Gasteiger partial charge in [0, 0.05) is 12.5 Å². The van der Waals surface area contributed by atoms with Crippen molar-refractivity contribution in [2.75, 3.05) is 26.4 Å². The van der Waals surface area contributed by atoms with E-state index in [1.165, 1.54) is 16.0 Å². The number of fused-ring (bicyclic) bond motifs is 3. The Bertz CT molecular complexity index is 1130. The maximum absolute atomic E-state index is 13.1. The first-order valence-electron chi connectivity index (χ1n) is 11.7. The second-order valence-corrected chi connectivity index (χ2v) is 8.73. The van der Waals surface area contributed by atoms with Gasteiger partial charge in [-0.15, -0.1) is 0 Å². The van der Waals surface area contributed by atoms with E-state index < -0.39 is 12.1 Å². The number of carbonyl (C=O) groups is 2. The van der Waals surface area contributed by atoms with Crippen LogP contribution in [0.2, 0.25) is 0 Å². The molecular formula is C28H28N2O4. The molecule has 1 saturated heterocycles. The summed E-state index contributed by atoms with van der Waals surface area (Å²) in [5, 5.41) is 3.01. The Morgan fingerprint density at radius 2 is 1.59 bits per heavy atom. The van der Waals surface area contributed by atoms with Crippen LogP contribution in [0.1, 0.15) is 35.6 Å². The zero-order valence-electron chi connectivity index (χ0n) is 19.1. The molecule has 0 radical (unpaired) electrons. The van der Waals surface area contributed by atoms with Crippen molar-refractivity contribution in [3.05, 3.63) is 95.6 Å². The van der Waals surface area contributed by atoms with Gasteiger partial charge in [0.05, 0.1) is 19.3 Å². The molecule has 1 aliphatic heterocycles. The van der Waals surface area contributed by atoms with Crippen molar-refractivity contribution in [3.63, 3.8) is 0 Å². The van der Waals surface area contributed by atoms with Gasteiger partial charge in [0.1, 0.15) is 12.6 Å². The highest BCUT2D eigenvalue weighted by molar-refractivity contribution is 5.86. The van der Waals surface area contributed by atoms with Gasteiger partial charge < -0.3 is 14.8 Å². The number of carbonyl (C=O) groups excluding carboxylic acids is 2. The minimum Gasteiger partial charge on any atom is -0.448 e. The highest BCUT2D eigenvalue weighted by atomic mass is 16.6. The van der Waals surface area contributed by atoms with Crippen molar-refractivity contribution in [2.45, 2.75) is 24.9 Å². The summed E-state index contributed by atoms with van der Waals surface area (Å²) in [5.74, 6) is -0.271. The number of rotatable bonds is 5. The molecule has 6 nitrogen and oxygen atoms in total. The summed E-state index contributed by atoms with van der Waals surface area (Å²) in [6.07, 6.45) is -0.488. The first-order valence-corrected chi connectivity index (χ1v) is 11.7. The Labute approximate surface area is 199 Å². The average Bonchev–Trinajstić information content (AvgIpc) is 3.21. The number of nitrogens with zero attached hydrogens (tertiary/aromatic N) is 1. The molecule has 2 amide bonds. The zero-order chi connectivity index (χ0) is 23.5. The molecule has 3 aromatic carbocycles. The molecule has 2 aliphatic rings. The molecule has 0 saturated carbocycles. The van der Waals surface area contributed by atoms with E-state index >= 15 is 0 Å². The minimum atomic E-state index is -0.726. The monoisotopic (exact) mass is 456 g/mol. The molecular weight excluding hydrogens is 428 g/mol. The molecule has 174 valence electrons. The van der Waals surface area contributed by atoms with E-state index in [0.717, 1.165) is 16.7 Å². The van der Waals surface area contributed by atoms with Gasteiger partial charge in [-0.2, -0.15) is 0 Å². The van der Waals surface area contributed by atoms with Crippen LogP contribution in [-0.4, -0.2) is 49.3 Å². The maximum Gasteiger partial charge on any atom is 0.410 e. The fraction of sp³-hybridized carbons (Fsp3) is 0.286. The van der Waals surface area contributed by atoms with Gasteiger partial charge in [0.25, 0.3) is 0 Å². The average molecular weight is 457 g/mol. The van der Waals surface area contributed by atoms with Crippen LogP contribution in [0.25, 0.3) is 11.1 Å². The smallest absolute Gasteiger partial charge is 0.410 e. The maximum atomic E-state index is 13.1. The van der Waals surface area contributed by atoms with E-state index in [2.05, 4.69) is 29.6 Å². The van der Waals surface area contributed by atoms with E-state index in [-0.39, 0.29) is 31.1 Å². The molecule has 1 fully saturated rings. The molecule has 0 bridgehead atoms. The normalized spacial score (nSPS) is 18.0. The summed E-state index contributed by atoms with van der Waals surface area (Å²) in [6.45, 7) is 2.99. The molecule has 1 N–H and O–H groups in total. The molecule has 1 heterocycles. The van der Waals surface area contributed by atoms with E-state index in [4.69, 9.17) is 9.47 Å². The zero-order valence-corrected chi connectivity index (χ0v) is 19.1. The fourth-order valence-corrected chi connectivity index (χ4v) is 4.85. The Morgan fingerprint density at radius 3 is 2.26 bits per heavy atom. The lowest BCUT2D eigenvalue weighted by molar-refractivity contribution is -0.132. The lowest BCUT2D eigenvalue weighted by Gasteiger charge is -2.34. The van der Waals surface area contributed by atoms with Crippen molar-refractivity contribution in [1.82, 2.24) is 10.2 Å². The van der Waals surface area contributed by atoms with Crippen LogP contribution in [-0.2, 0) is 14.3 Å². The van der Waals surface area contributed by atoms with Gasteiger partial charge in [0.15, 0.2) is 0 Å². The van der Waals surface area contributed by atoms with Crippen LogP contribution >= 0.6 is 0 Å². The standard InChI is InChI=1S/C28H28N2O4/c1-19(20-9-3-2-4-10-20)29-27(31)26-18-33-16-15-30(26)28(32)34-17-25-23-13-7-5-11-21(23)22-12-6-8-14-24(22)25/h2-14,19,25-26H,15-18H2,1H3,(H,29,31)/t19-,26+/m0/s1. The van der Waals surface area contributed by atoms with Gasteiger partial charge >= 0.3 is 6.09 Å². The number of hydrogen-bond acceptors (Lipinski definition) is 4. The van der Waals surface area contributed by atoms with Crippen LogP contribution in [0, 0.1) is 0 Å². The third-order valence-corrected chi connectivity index (χ3v) is 6.66. The SMILES string of the molecule is C[C@H](NC(=O)[C@H]1COCCN1C(=O)OCC1c2ccccc2-c2ccccc21)c1ccccc1. The van der Waals surface area contributed by atoms with Crippen molar-refractivity contribution in [2.24, 2.45) is 0 Å². The van der Waals surface area contributed by atoms with Crippen LogP contribution in [0.3, 0.4) is 0 Å². The van der Waals surface area contributed by atoms with Crippen LogP contribution in [0.5, 0.6) is 0 Å². The van der Waals surface area contributed by atoms with E-state index in [9.17, 15) is 9.59 Å². The summed E-state index contributed by atoms with van der Waals surface area (Å²) in [5.41, 5.74) is 5.67. The largest absolute Gasteiger partial charge is 0.448 e. The first-order chi connectivity index (χ1) is 16.6. The lowest BCUT2D eigenvalue weighted by Crippen LogP contribution is -2.56. The Morgan fingerprint density at radius 1 is 0.971 bits per heavy atom. The Hall–Kier alpha value is -3.64. The number of ether oxygens (including phenoxy) is 2. The molecule has 5 rings (SSSR count). The summed E-state index contributed by atoms with van der Waals surface area (Å²) in [6, 6.07) is 25.3. The molecule has 6 heteroatoms. The highest BCUT2D eigenvalue weighted by Crippen LogP contribution is 2.44. The Kier molecular flexibility index (Phi) is 6.32. The molecule has 3 aromatic rings. The second-order valence-electron chi connectivity index (χ2n) is 8.73. The summed E-state index contributed by atoms with van der Waals surface area (Å²) in [7, 11) is 0. The van der Waals surface area contributed by atoms with Gasteiger partial charge in [-0.3, -0.25) is 9.69 Å². The fourth-order valence-electron chi connectivity index (χ4n) is 4.85. The quantitative estimate of drug-likeness (QED) is 0.613. The van der Waals surface area contributed by atoms with Crippen LogP contribution in [0.4, 0.5) is 4.79 Å². The van der Waals surface area contributed by atoms with E-state index in [1.54, 1.807) is 0 Å². The van der Waals surface area contributed by atoms with Gasteiger partial charge in [-0.05, 0) is 34.7 Å². The van der Waals surface area contributed by atoms with Crippen molar-refractivity contribution in [1.29, 1.82) is 0 Å². The number of hydrogen-bond donors (Lipinski definition) is 1.